The highest BCUT2D eigenvalue weighted by atomic mass is 79.9. The minimum absolute atomic E-state index is 0.184. The van der Waals surface area contributed by atoms with Gasteiger partial charge >= 0.3 is 6.03 Å². The van der Waals surface area contributed by atoms with Crippen LogP contribution in [0.3, 0.4) is 0 Å². The van der Waals surface area contributed by atoms with Crippen molar-refractivity contribution in [3.63, 3.8) is 0 Å². The number of rotatable bonds is 7. The fourth-order valence-electron chi connectivity index (χ4n) is 3.02. The molecule has 1 fully saturated rings. The van der Waals surface area contributed by atoms with E-state index in [1.165, 1.54) is 38.4 Å². The smallest absolute Gasteiger partial charge is 0.314 e. The molecule has 24 heavy (non-hydrogen) atoms. The molecular formula is C18H27BrFN3O. The van der Waals surface area contributed by atoms with Crippen molar-refractivity contribution >= 4 is 22.0 Å². The Morgan fingerprint density at radius 1 is 1.29 bits per heavy atom. The monoisotopic (exact) mass is 399 g/mol. The second-order valence-corrected chi connectivity index (χ2v) is 7.50. The molecule has 1 atom stereocenters. The number of likely N-dealkylation sites (tertiary alicyclic amines) is 1. The third-order valence-electron chi connectivity index (χ3n) is 4.32. The van der Waals surface area contributed by atoms with E-state index < -0.39 is 0 Å². The minimum atomic E-state index is -0.240. The van der Waals surface area contributed by atoms with Crippen LogP contribution >= 0.6 is 15.9 Å². The molecule has 0 aliphatic carbocycles. The van der Waals surface area contributed by atoms with Crippen molar-refractivity contribution in [1.82, 2.24) is 15.5 Å². The quantitative estimate of drug-likeness (QED) is 0.735. The molecule has 4 nitrogen and oxygen atoms in total. The molecule has 0 aromatic heterocycles. The number of piperidine rings is 1. The van der Waals surface area contributed by atoms with Gasteiger partial charge < -0.3 is 15.5 Å². The molecule has 0 radical (unpaired) electrons. The van der Waals surface area contributed by atoms with E-state index in [2.05, 4.69) is 38.4 Å². The van der Waals surface area contributed by atoms with Gasteiger partial charge in [0.25, 0.3) is 0 Å². The fourth-order valence-corrected chi connectivity index (χ4v) is 3.43. The highest BCUT2D eigenvalue weighted by molar-refractivity contribution is 9.10. The number of hydrogen-bond acceptors (Lipinski definition) is 2. The lowest BCUT2D eigenvalue weighted by molar-refractivity contribution is 0.197. The van der Waals surface area contributed by atoms with Crippen molar-refractivity contribution in [2.75, 3.05) is 32.7 Å². The Morgan fingerprint density at radius 2 is 2.04 bits per heavy atom. The minimum Gasteiger partial charge on any atom is -0.338 e. The summed E-state index contributed by atoms with van der Waals surface area (Å²) in [5.74, 6) is 0.187. The Balaban J connectivity index is 1.61. The molecule has 0 saturated carbocycles. The van der Waals surface area contributed by atoms with Gasteiger partial charge in [0, 0.05) is 24.1 Å². The van der Waals surface area contributed by atoms with Gasteiger partial charge in [0.1, 0.15) is 5.82 Å². The maximum atomic E-state index is 13.6. The summed E-state index contributed by atoms with van der Waals surface area (Å²) < 4.78 is 14.5. The van der Waals surface area contributed by atoms with Gasteiger partial charge in [-0.2, -0.15) is 0 Å². The first kappa shape index (κ1) is 19.2. The van der Waals surface area contributed by atoms with Crippen LogP contribution in [-0.2, 0) is 6.42 Å². The molecule has 2 rings (SSSR count). The van der Waals surface area contributed by atoms with Crippen LogP contribution in [0, 0.1) is 11.7 Å². The Labute approximate surface area is 152 Å². The molecule has 0 bridgehead atoms. The van der Waals surface area contributed by atoms with E-state index in [0.717, 1.165) is 11.0 Å². The first-order chi connectivity index (χ1) is 11.5. The number of carbonyl (C=O) groups is 1. The molecule has 0 unspecified atom stereocenters. The van der Waals surface area contributed by atoms with E-state index in [1.54, 1.807) is 12.1 Å². The van der Waals surface area contributed by atoms with E-state index >= 15 is 0 Å². The molecule has 1 aliphatic heterocycles. The zero-order valence-electron chi connectivity index (χ0n) is 14.3. The number of amides is 2. The summed E-state index contributed by atoms with van der Waals surface area (Å²) in [6, 6.07) is 4.66. The molecule has 0 spiro atoms. The van der Waals surface area contributed by atoms with Gasteiger partial charge in [-0.05, 0) is 62.0 Å². The largest absolute Gasteiger partial charge is 0.338 e. The summed E-state index contributed by atoms with van der Waals surface area (Å²) in [6.45, 7) is 6.62. The highest BCUT2D eigenvalue weighted by Crippen LogP contribution is 2.15. The van der Waals surface area contributed by atoms with Crippen molar-refractivity contribution in [1.29, 1.82) is 0 Å². The molecule has 6 heteroatoms. The summed E-state index contributed by atoms with van der Waals surface area (Å²) >= 11 is 3.33. The van der Waals surface area contributed by atoms with Crippen LogP contribution < -0.4 is 10.6 Å². The summed E-state index contributed by atoms with van der Waals surface area (Å²) in [4.78, 5) is 14.3. The van der Waals surface area contributed by atoms with E-state index in [0.29, 0.717) is 31.0 Å². The molecule has 134 valence electrons. The summed E-state index contributed by atoms with van der Waals surface area (Å²) in [5.41, 5.74) is 0.600. The lowest BCUT2D eigenvalue weighted by Gasteiger charge is -2.29. The van der Waals surface area contributed by atoms with E-state index in [1.807, 2.05) is 0 Å². The average molecular weight is 400 g/mol. The van der Waals surface area contributed by atoms with Crippen LogP contribution in [0.1, 0.15) is 31.7 Å². The number of halogens is 2. The van der Waals surface area contributed by atoms with Crippen molar-refractivity contribution in [2.45, 2.75) is 32.6 Å². The third kappa shape index (κ3) is 6.77. The number of urea groups is 1. The zero-order chi connectivity index (χ0) is 17.4. The van der Waals surface area contributed by atoms with Gasteiger partial charge in [-0.15, -0.1) is 0 Å². The Morgan fingerprint density at radius 3 is 2.79 bits per heavy atom. The SMILES string of the molecule is C[C@H](CNC(=O)NCCc1cc(Br)ccc1F)CN1CCCCC1. The number of nitrogens with one attached hydrogen (secondary N) is 2. The van der Waals surface area contributed by atoms with E-state index in [9.17, 15) is 9.18 Å². The van der Waals surface area contributed by atoms with Crippen molar-refractivity contribution in [3.05, 3.63) is 34.1 Å². The summed E-state index contributed by atoms with van der Waals surface area (Å²) in [7, 11) is 0. The maximum Gasteiger partial charge on any atom is 0.314 e. The highest BCUT2D eigenvalue weighted by Gasteiger charge is 2.14. The Hall–Kier alpha value is -1.14. The van der Waals surface area contributed by atoms with Gasteiger partial charge in [-0.3, -0.25) is 0 Å². The Bertz CT molecular complexity index is 535. The van der Waals surface area contributed by atoms with Crippen LogP contribution in [0.25, 0.3) is 0 Å². The summed E-state index contributed by atoms with van der Waals surface area (Å²) in [5, 5.41) is 5.70. The van der Waals surface area contributed by atoms with Crippen LogP contribution in [0.15, 0.2) is 22.7 Å². The fraction of sp³-hybridized carbons (Fsp3) is 0.611. The van der Waals surface area contributed by atoms with Crippen LogP contribution in [0.5, 0.6) is 0 Å². The zero-order valence-corrected chi connectivity index (χ0v) is 15.9. The van der Waals surface area contributed by atoms with Crippen molar-refractivity contribution in [3.8, 4) is 0 Å². The topological polar surface area (TPSA) is 44.4 Å². The van der Waals surface area contributed by atoms with Crippen LogP contribution in [-0.4, -0.2) is 43.7 Å². The molecule has 1 aliphatic rings. The molecule has 1 aromatic carbocycles. The number of hydrogen-bond donors (Lipinski definition) is 2. The third-order valence-corrected chi connectivity index (χ3v) is 4.81. The molecular weight excluding hydrogens is 373 g/mol. The first-order valence-electron chi connectivity index (χ1n) is 8.72. The van der Waals surface area contributed by atoms with Gasteiger partial charge in [0.2, 0.25) is 0 Å². The summed E-state index contributed by atoms with van der Waals surface area (Å²) in [6.07, 6.45) is 4.38. The first-order valence-corrected chi connectivity index (χ1v) is 9.52. The second-order valence-electron chi connectivity index (χ2n) is 6.59. The van der Waals surface area contributed by atoms with E-state index in [4.69, 9.17) is 0 Å². The van der Waals surface area contributed by atoms with Crippen LogP contribution in [0.4, 0.5) is 9.18 Å². The number of nitrogens with zero attached hydrogens (tertiary/aromatic N) is 1. The van der Waals surface area contributed by atoms with Gasteiger partial charge in [0.05, 0.1) is 0 Å². The van der Waals surface area contributed by atoms with Crippen molar-refractivity contribution in [2.24, 2.45) is 5.92 Å². The number of carbonyl (C=O) groups excluding carboxylic acids is 1. The Kier molecular flexibility index (Phi) is 7.99. The molecule has 2 amide bonds. The normalized spacial score (nSPS) is 16.6. The van der Waals surface area contributed by atoms with Gasteiger partial charge in [0.15, 0.2) is 0 Å². The van der Waals surface area contributed by atoms with Crippen LogP contribution in [0.2, 0.25) is 0 Å². The predicted octanol–water partition coefficient (Wildman–Crippen LogP) is 3.55. The lowest BCUT2D eigenvalue weighted by Crippen LogP contribution is -2.42. The lowest BCUT2D eigenvalue weighted by atomic mass is 10.1. The maximum absolute atomic E-state index is 13.6. The van der Waals surface area contributed by atoms with Gasteiger partial charge in [-0.1, -0.05) is 29.3 Å². The molecule has 1 saturated heterocycles. The van der Waals surface area contributed by atoms with Crippen molar-refractivity contribution < 1.29 is 9.18 Å². The molecule has 1 aromatic rings. The number of benzene rings is 1. The second kappa shape index (κ2) is 9.99. The van der Waals surface area contributed by atoms with E-state index in [-0.39, 0.29) is 11.8 Å². The molecule has 2 N–H and O–H groups in total. The van der Waals surface area contributed by atoms with Gasteiger partial charge in [-0.25, -0.2) is 9.18 Å². The molecule has 1 heterocycles. The average Bonchev–Trinajstić information content (AvgIpc) is 2.57. The standard InChI is InChI=1S/C18H27BrFN3O/c1-14(13-23-9-3-2-4-10-23)12-22-18(24)21-8-7-15-11-16(19)5-6-17(15)20/h5-6,11,14H,2-4,7-10,12-13H2,1H3,(H2,21,22,24)/t14-/m1/s1. The predicted molar refractivity (Wildman–Crippen MR) is 98.7 cm³/mol.